The lowest BCUT2D eigenvalue weighted by molar-refractivity contribution is 0.276. The first-order valence-electron chi connectivity index (χ1n) is 13.0. The fraction of sp³-hybridized carbons (Fsp3) is 0.630. The Labute approximate surface area is 206 Å². The Morgan fingerprint density at radius 3 is 2.15 bits per heavy atom. The molecule has 0 radical (unpaired) electrons. The van der Waals surface area contributed by atoms with Crippen LogP contribution in [-0.4, -0.2) is 57.3 Å². The van der Waals surface area contributed by atoms with E-state index < -0.39 is 8.07 Å². The number of hydrogen-bond donors (Lipinski definition) is 1. The van der Waals surface area contributed by atoms with E-state index in [-0.39, 0.29) is 18.0 Å². The predicted octanol–water partition coefficient (Wildman–Crippen LogP) is 5.71. The summed E-state index contributed by atoms with van der Waals surface area (Å²) in [6.45, 7) is 16.5. The number of aromatic amines is 1. The van der Waals surface area contributed by atoms with Crippen molar-refractivity contribution >= 4 is 36.1 Å². The van der Waals surface area contributed by atoms with Crippen molar-refractivity contribution in [2.45, 2.75) is 85.1 Å². The second kappa shape index (κ2) is 11.4. The van der Waals surface area contributed by atoms with Gasteiger partial charge in [-0.15, -0.1) is 0 Å². The zero-order valence-electron chi connectivity index (χ0n) is 22.3. The lowest BCUT2D eigenvalue weighted by Crippen LogP contribution is -2.49. The van der Waals surface area contributed by atoms with Crippen molar-refractivity contribution in [2.75, 3.05) is 20.3 Å². The molecule has 188 valence electrons. The number of para-hydroxylation sites is 1. The fourth-order valence-electron chi connectivity index (χ4n) is 5.24. The summed E-state index contributed by atoms with van der Waals surface area (Å²) in [5, 5.41) is 2.64. The molecular weight excluding hydrogens is 442 g/mol. The first-order chi connectivity index (χ1) is 16.4. The molecule has 0 aliphatic carbocycles. The molecule has 0 fully saturated rings. The largest absolute Gasteiger partial charge is 0.495 e. The highest BCUT2D eigenvalue weighted by molar-refractivity contribution is 6.91. The van der Waals surface area contributed by atoms with Crippen LogP contribution in [0.15, 0.2) is 28.2 Å². The normalized spacial score (nSPS) is 18.7. The Morgan fingerprint density at radius 2 is 1.59 bits per heavy atom. The van der Waals surface area contributed by atoms with Crippen LogP contribution in [0.2, 0.25) is 18.1 Å². The molecule has 0 bridgehead atoms. The highest BCUT2D eigenvalue weighted by atomic mass is 28.3. The van der Waals surface area contributed by atoms with Gasteiger partial charge in [-0.1, -0.05) is 64.9 Å². The molecule has 2 atom stereocenters. The predicted molar refractivity (Wildman–Crippen MR) is 146 cm³/mol. The third-order valence-corrected chi connectivity index (χ3v) is 12.9. The zero-order valence-corrected chi connectivity index (χ0v) is 23.3. The summed E-state index contributed by atoms with van der Waals surface area (Å²) in [6.07, 6.45) is 0.734. The fourth-order valence-corrected chi connectivity index (χ4v) is 9.07. The van der Waals surface area contributed by atoms with E-state index in [0.717, 1.165) is 29.5 Å². The number of aromatic nitrogens is 1. The average molecular weight is 486 g/mol. The van der Waals surface area contributed by atoms with E-state index in [9.17, 15) is 0 Å². The van der Waals surface area contributed by atoms with Crippen LogP contribution >= 0.6 is 0 Å². The molecule has 1 N–H and O–H groups in total. The number of aliphatic imine (C=N–C) groups is 2. The summed E-state index contributed by atoms with van der Waals surface area (Å²) >= 11 is 0. The molecule has 6 nitrogen and oxygen atoms in total. The van der Waals surface area contributed by atoms with E-state index in [1.54, 1.807) is 7.11 Å². The highest BCUT2D eigenvalue weighted by Gasteiger charge is 2.37. The van der Waals surface area contributed by atoms with Gasteiger partial charge in [0.05, 0.1) is 25.8 Å². The Kier molecular flexibility index (Phi) is 8.85. The molecule has 2 aromatic rings. The van der Waals surface area contributed by atoms with E-state index in [1.807, 2.05) is 19.9 Å². The lowest BCUT2D eigenvalue weighted by atomic mass is 10.00. The molecule has 7 heteroatoms. The van der Waals surface area contributed by atoms with E-state index in [4.69, 9.17) is 24.2 Å². The minimum absolute atomic E-state index is 0.101. The summed E-state index contributed by atoms with van der Waals surface area (Å²) in [7, 11) is 0.0239. The molecule has 1 aromatic heterocycles. The maximum absolute atomic E-state index is 6.08. The molecule has 1 aromatic carbocycles. The van der Waals surface area contributed by atoms with Gasteiger partial charge in [0.1, 0.15) is 25.9 Å². The number of hydrogen-bond acceptors (Lipinski definition) is 5. The number of fused-ring (bicyclic) bond motifs is 1. The van der Waals surface area contributed by atoms with Crippen LogP contribution in [-0.2, 0) is 15.9 Å². The van der Waals surface area contributed by atoms with Crippen LogP contribution in [0.25, 0.3) is 10.9 Å². The maximum Gasteiger partial charge on any atom is 0.210 e. The SMILES string of the molecule is CCOC1=N[C@H](Cc2c([Si](CC)(CC)CC)[nH]c3c(OC)cccc23)C(OCC)=N[C@H]1C(C)C. The molecule has 34 heavy (non-hydrogen) atoms. The summed E-state index contributed by atoms with van der Waals surface area (Å²) in [5.74, 6) is 2.63. The summed E-state index contributed by atoms with van der Waals surface area (Å²) < 4.78 is 17.8. The van der Waals surface area contributed by atoms with Crippen molar-refractivity contribution < 1.29 is 14.2 Å². The highest BCUT2D eigenvalue weighted by Crippen LogP contribution is 2.32. The Bertz CT molecular complexity index is 1020. The van der Waals surface area contributed by atoms with Gasteiger partial charge in [0.2, 0.25) is 11.8 Å². The van der Waals surface area contributed by atoms with Gasteiger partial charge >= 0.3 is 0 Å². The van der Waals surface area contributed by atoms with Crippen molar-refractivity contribution in [1.29, 1.82) is 0 Å². The van der Waals surface area contributed by atoms with Crippen molar-refractivity contribution in [3.05, 3.63) is 23.8 Å². The Morgan fingerprint density at radius 1 is 0.941 bits per heavy atom. The van der Waals surface area contributed by atoms with Crippen molar-refractivity contribution in [3.8, 4) is 5.75 Å². The summed E-state index contributed by atoms with van der Waals surface area (Å²) in [4.78, 5) is 14.0. The number of rotatable bonds is 10. The van der Waals surface area contributed by atoms with Gasteiger partial charge in [-0.25, -0.2) is 9.98 Å². The van der Waals surface area contributed by atoms with E-state index in [2.05, 4.69) is 51.7 Å². The molecule has 0 amide bonds. The second-order valence-corrected chi connectivity index (χ2v) is 14.6. The second-order valence-electron chi connectivity index (χ2n) is 9.41. The smallest absolute Gasteiger partial charge is 0.210 e. The number of nitrogens with one attached hydrogen (secondary N) is 1. The molecule has 0 saturated carbocycles. The van der Waals surface area contributed by atoms with Crippen LogP contribution < -0.4 is 10.1 Å². The topological polar surface area (TPSA) is 68.2 Å². The first-order valence-corrected chi connectivity index (χ1v) is 15.6. The van der Waals surface area contributed by atoms with Gasteiger partial charge in [-0.05, 0) is 31.4 Å². The van der Waals surface area contributed by atoms with Gasteiger partial charge < -0.3 is 19.2 Å². The maximum atomic E-state index is 6.08. The molecular formula is C27H43N3O3Si. The molecule has 2 heterocycles. The molecule has 0 spiro atoms. The minimum Gasteiger partial charge on any atom is -0.495 e. The monoisotopic (exact) mass is 485 g/mol. The summed E-state index contributed by atoms with van der Waals surface area (Å²) in [6, 6.07) is 9.61. The standard InChI is InChI=1S/C27H43N3O3Si/c1-9-32-25-21(28-26(33-10-2)23(29-25)18(6)7)17-20-19-15-14-16-22(31-8)24(19)30-27(20)34(11-3,12-4)13-5/h14-16,18,21,23,30H,9-13,17H2,1-8H3/t21-,23+/m1/s1. The number of benzene rings is 1. The Balaban J connectivity index is 2.19. The van der Waals surface area contributed by atoms with E-state index in [0.29, 0.717) is 13.2 Å². The molecule has 1 aliphatic rings. The van der Waals surface area contributed by atoms with Crippen molar-refractivity contribution in [1.82, 2.24) is 4.98 Å². The van der Waals surface area contributed by atoms with Crippen molar-refractivity contribution in [2.24, 2.45) is 15.9 Å². The number of nitrogens with zero attached hydrogens (tertiary/aromatic N) is 2. The molecule has 0 unspecified atom stereocenters. The third kappa shape index (κ3) is 4.90. The molecule has 1 aliphatic heterocycles. The number of ether oxygens (including phenoxy) is 3. The van der Waals surface area contributed by atoms with Crippen LogP contribution in [0, 0.1) is 5.92 Å². The van der Waals surface area contributed by atoms with Gasteiger partial charge in [0.25, 0.3) is 0 Å². The van der Waals surface area contributed by atoms with Gasteiger partial charge in [0, 0.05) is 17.1 Å². The molecule has 3 rings (SSSR count). The van der Waals surface area contributed by atoms with Crippen LogP contribution in [0.3, 0.4) is 0 Å². The first kappa shape index (κ1) is 26.3. The third-order valence-electron chi connectivity index (χ3n) is 7.38. The van der Waals surface area contributed by atoms with Crippen LogP contribution in [0.5, 0.6) is 5.75 Å². The number of H-pyrrole nitrogens is 1. The van der Waals surface area contributed by atoms with Gasteiger partial charge in [0.15, 0.2) is 0 Å². The van der Waals surface area contributed by atoms with Gasteiger partial charge in [-0.2, -0.15) is 0 Å². The van der Waals surface area contributed by atoms with Crippen molar-refractivity contribution in [3.63, 3.8) is 0 Å². The van der Waals surface area contributed by atoms with Gasteiger partial charge in [-0.3, -0.25) is 0 Å². The quantitative estimate of drug-likeness (QED) is 0.438. The van der Waals surface area contributed by atoms with Crippen LogP contribution in [0.1, 0.15) is 54.0 Å². The minimum atomic E-state index is -1.72. The lowest BCUT2D eigenvalue weighted by Gasteiger charge is -2.31. The van der Waals surface area contributed by atoms with Crippen LogP contribution in [0.4, 0.5) is 0 Å². The van der Waals surface area contributed by atoms with E-state index in [1.165, 1.54) is 34.4 Å². The zero-order chi connectivity index (χ0) is 24.9. The molecule has 0 saturated heterocycles. The van der Waals surface area contributed by atoms with E-state index >= 15 is 0 Å². The Hall–Kier alpha value is -2.28. The average Bonchev–Trinajstić information content (AvgIpc) is 3.21. The number of methoxy groups -OCH3 is 1. The summed E-state index contributed by atoms with van der Waals surface area (Å²) in [5.41, 5.74) is 2.42.